The van der Waals surface area contributed by atoms with E-state index in [2.05, 4.69) is 20.1 Å². The molecule has 0 aliphatic carbocycles. The molecule has 0 spiro atoms. The topological polar surface area (TPSA) is 85.5 Å². The molecule has 4 rings (SSSR count). The lowest BCUT2D eigenvalue weighted by Crippen LogP contribution is -2.39. The lowest BCUT2D eigenvalue weighted by Gasteiger charge is -2.33. The van der Waals surface area contributed by atoms with E-state index in [0.717, 1.165) is 12.8 Å². The summed E-state index contributed by atoms with van der Waals surface area (Å²) in [7, 11) is 1.44. The third kappa shape index (κ3) is 3.84. The van der Waals surface area contributed by atoms with Crippen LogP contribution in [0.4, 0.5) is 8.78 Å². The summed E-state index contributed by atoms with van der Waals surface area (Å²) in [4.78, 5) is 26.4. The number of amides is 1. The number of aromatic nitrogens is 5. The average molecular weight is 423 g/mol. The summed E-state index contributed by atoms with van der Waals surface area (Å²) < 4.78 is 33.1. The van der Waals surface area contributed by atoms with Gasteiger partial charge < -0.3 is 9.64 Å². The van der Waals surface area contributed by atoms with Gasteiger partial charge in [-0.1, -0.05) is 11.6 Å². The predicted octanol–water partition coefficient (Wildman–Crippen LogP) is 3.14. The Hall–Kier alpha value is -2.88. The Labute approximate surface area is 169 Å². The van der Waals surface area contributed by atoms with Crippen LogP contribution < -0.4 is 4.74 Å². The van der Waals surface area contributed by atoms with Gasteiger partial charge >= 0.3 is 0 Å². The first kappa shape index (κ1) is 19.4. The van der Waals surface area contributed by atoms with Crippen LogP contribution in [0.3, 0.4) is 0 Å². The molecule has 0 radical (unpaired) electrons. The SMILES string of the molecule is COc1cc(C(=O)N2CCCC(c3cc(C(F)F)nc4ncnn34)C2)cc(Cl)n1. The van der Waals surface area contributed by atoms with Gasteiger partial charge in [-0.25, -0.2) is 23.3 Å². The Morgan fingerprint density at radius 3 is 2.90 bits per heavy atom. The number of likely N-dealkylation sites (tertiary alicyclic amines) is 1. The number of piperidine rings is 1. The molecule has 3 aromatic rings. The van der Waals surface area contributed by atoms with Crippen molar-refractivity contribution >= 4 is 23.3 Å². The monoisotopic (exact) mass is 422 g/mol. The maximum absolute atomic E-state index is 13.3. The number of carbonyl (C=O) groups is 1. The number of rotatable bonds is 4. The van der Waals surface area contributed by atoms with Crippen LogP contribution in [0.1, 0.15) is 46.9 Å². The summed E-state index contributed by atoms with van der Waals surface area (Å²) >= 11 is 5.98. The number of hydrogen-bond donors (Lipinski definition) is 0. The second-order valence-electron chi connectivity index (χ2n) is 6.69. The zero-order valence-corrected chi connectivity index (χ0v) is 16.2. The van der Waals surface area contributed by atoms with Gasteiger partial charge in [0.15, 0.2) is 0 Å². The number of hydrogen-bond acceptors (Lipinski definition) is 6. The Morgan fingerprint density at radius 2 is 2.14 bits per heavy atom. The van der Waals surface area contributed by atoms with Gasteiger partial charge in [0.1, 0.15) is 17.2 Å². The molecule has 4 heterocycles. The molecule has 1 atom stereocenters. The fourth-order valence-corrected chi connectivity index (χ4v) is 3.74. The fourth-order valence-electron chi connectivity index (χ4n) is 3.54. The Morgan fingerprint density at radius 1 is 1.31 bits per heavy atom. The lowest BCUT2D eigenvalue weighted by atomic mass is 9.93. The van der Waals surface area contributed by atoms with E-state index in [4.69, 9.17) is 16.3 Å². The van der Waals surface area contributed by atoms with E-state index >= 15 is 0 Å². The molecule has 3 aromatic heterocycles. The molecule has 8 nitrogen and oxygen atoms in total. The highest BCUT2D eigenvalue weighted by atomic mass is 35.5. The maximum atomic E-state index is 13.3. The third-order valence-electron chi connectivity index (χ3n) is 4.88. The zero-order chi connectivity index (χ0) is 20.5. The van der Waals surface area contributed by atoms with Crippen LogP contribution in [0, 0.1) is 0 Å². The highest BCUT2D eigenvalue weighted by Gasteiger charge is 2.29. The highest BCUT2D eigenvalue weighted by molar-refractivity contribution is 6.29. The van der Waals surface area contributed by atoms with Gasteiger partial charge in [-0.2, -0.15) is 10.1 Å². The van der Waals surface area contributed by atoms with E-state index in [1.54, 1.807) is 4.90 Å². The second kappa shape index (κ2) is 7.86. The standard InChI is InChI=1S/C18H17ClF2N6O2/c1-29-15-6-11(5-14(19)25-15)17(28)26-4-2-3-10(8-26)13-7-12(16(20)21)24-18-22-9-23-27(13)18/h5-7,9-10,16H,2-4,8H2,1H3. The average Bonchev–Trinajstić information content (AvgIpc) is 3.20. The van der Waals surface area contributed by atoms with E-state index < -0.39 is 6.43 Å². The number of alkyl halides is 2. The Bertz CT molecular complexity index is 1060. The van der Waals surface area contributed by atoms with Crippen molar-refractivity contribution in [2.75, 3.05) is 20.2 Å². The summed E-state index contributed by atoms with van der Waals surface area (Å²) in [5.74, 6) is -0.0479. The van der Waals surface area contributed by atoms with Crippen LogP contribution in [0.25, 0.3) is 5.78 Å². The van der Waals surface area contributed by atoms with Crippen LogP contribution in [-0.2, 0) is 0 Å². The molecular formula is C18H17ClF2N6O2. The molecule has 0 N–H and O–H groups in total. The van der Waals surface area contributed by atoms with Crippen molar-refractivity contribution in [1.29, 1.82) is 0 Å². The van der Waals surface area contributed by atoms with Crippen molar-refractivity contribution < 1.29 is 18.3 Å². The van der Waals surface area contributed by atoms with E-state index in [1.807, 2.05) is 0 Å². The minimum Gasteiger partial charge on any atom is -0.481 e. The number of halogens is 3. The van der Waals surface area contributed by atoms with Gasteiger partial charge in [-0.15, -0.1) is 0 Å². The van der Waals surface area contributed by atoms with Crippen molar-refractivity contribution in [3.05, 3.63) is 46.6 Å². The first-order chi connectivity index (χ1) is 14.0. The number of pyridine rings is 1. The summed E-state index contributed by atoms with van der Waals surface area (Å²) in [6.45, 7) is 0.896. The van der Waals surface area contributed by atoms with Gasteiger partial charge in [-0.3, -0.25) is 4.79 Å². The molecule has 0 bridgehead atoms. The van der Waals surface area contributed by atoms with Crippen LogP contribution in [-0.4, -0.2) is 55.6 Å². The molecule has 11 heteroatoms. The number of ether oxygens (including phenoxy) is 1. The van der Waals surface area contributed by atoms with Gasteiger partial charge in [0.25, 0.3) is 18.1 Å². The first-order valence-electron chi connectivity index (χ1n) is 8.96. The van der Waals surface area contributed by atoms with E-state index in [0.29, 0.717) is 24.3 Å². The molecule has 1 amide bonds. The largest absolute Gasteiger partial charge is 0.481 e. The minimum absolute atomic E-state index is 0.118. The van der Waals surface area contributed by atoms with E-state index in [1.165, 1.54) is 36.2 Å². The minimum atomic E-state index is -2.72. The molecular weight excluding hydrogens is 406 g/mol. The highest BCUT2D eigenvalue weighted by Crippen LogP contribution is 2.30. The summed E-state index contributed by atoms with van der Waals surface area (Å²) in [5, 5.41) is 4.26. The predicted molar refractivity (Wildman–Crippen MR) is 99.4 cm³/mol. The summed E-state index contributed by atoms with van der Waals surface area (Å²) in [5.41, 5.74) is 0.566. The summed E-state index contributed by atoms with van der Waals surface area (Å²) in [6, 6.07) is 4.35. The smallest absolute Gasteiger partial charge is 0.280 e. The van der Waals surface area contributed by atoms with E-state index in [-0.39, 0.29) is 34.3 Å². The zero-order valence-electron chi connectivity index (χ0n) is 15.4. The van der Waals surface area contributed by atoms with Gasteiger partial charge in [0, 0.05) is 30.6 Å². The normalized spacial score (nSPS) is 17.1. The van der Waals surface area contributed by atoms with E-state index in [9.17, 15) is 13.6 Å². The molecule has 1 fully saturated rings. The number of carbonyl (C=O) groups excluding carboxylic acids is 1. The molecule has 152 valence electrons. The molecule has 1 aliphatic heterocycles. The van der Waals surface area contributed by atoms with Crippen molar-refractivity contribution in [3.63, 3.8) is 0 Å². The Kier molecular flexibility index (Phi) is 5.27. The van der Waals surface area contributed by atoms with Crippen LogP contribution in [0.2, 0.25) is 5.15 Å². The number of fused-ring (bicyclic) bond motifs is 1. The van der Waals surface area contributed by atoms with Gasteiger partial charge in [0.2, 0.25) is 5.88 Å². The Balaban J connectivity index is 1.64. The third-order valence-corrected chi connectivity index (χ3v) is 5.07. The van der Waals surface area contributed by atoms with Gasteiger partial charge in [0.05, 0.1) is 12.8 Å². The summed E-state index contributed by atoms with van der Waals surface area (Å²) in [6.07, 6.45) is 0.00179. The fraction of sp³-hybridized carbons (Fsp3) is 0.389. The van der Waals surface area contributed by atoms with Crippen molar-refractivity contribution in [3.8, 4) is 5.88 Å². The van der Waals surface area contributed by atoms with Crippen molar-refractivity contribution in [2.24, 2.45) is 0 Å². The quantitative estimate of drug-likeness (QED) is 0.600. The first-order valence-corrected chi connectivity index (χ1v) is 9.33. The molecule has 1 aliphatic rings. The number of methoxy groups -OCH3 is 1. The molecule has 0 aromatic carbocycles. The molecule has 29 heavy (non-hydrogen) atoms. The lowest BCUT2D eigenvalue weighted by molar-refractivity contribution is 0.0704. The van der Waals surface area contributed by atoms with Gasteiger partial charge in [-0.05, 0) is 25.0 Å². The molecule has 1 saturated heterocycles. The van der Waals surface area contributed by atoms with Crippen LogP contribution in [0.5, 0.6) is 5.88 Å². The van der Waals surface area contributed by atoms with Crippen molar-refractivity contribution in [2.45, 2.75) is 25.2 Å². The molecule has 0 saturated carbocycles. The second-order valence-corrected chi connectivity index (χ2v) is 7.08. The molecule has 1 unspecified atom stereocenters. The van der Waals surface area contributed by atoms with Crippen LogP contribution in [0.15, 0.2) is 24.5 Å². The maximum Gasteiger partial charge on any atom is 0.280 e. The van der Waals surface area contributed by atoms with Crippen LogP contribution >= 0.6 is 11.6 Å². The number of nitrogens with zero attached hydrogens (tertiary/aromatic N) is 6. The van der Waals surface area contributed by atoms with Crippen molar-refractivity contribution in [1.82, 2.24) is 29.5 Å².